The Labute approximate surface area is 268 Å². The Kier molecular flexibility index (Phi) is 11.1. The van der Waals surface area contributed by atoms with Crippen LogP contribution >= 0.6 is 0 Å². The van der Waals surface area contributed by atoms with Gasteiger partial charge < -0.3 is 24.8 Å². The highest BCUT2D eigenvalue weighted by atomic mass is 28.2. The Morgan fingerprint density at radius 1 is 1.02 bits per heavy atom. The summed E-state index contributed by atoms with van der Waals surface area (Å²) in [6, 6.07) is 2.99. The first kappa shape index (κ1) is 35.4. The Morgan fingerprint density at radius 2 is 1.64 bits per heavy atom. The van der Waals surface area contributed by atoms with E-state index >= 15 is 0 Å². The molecule has 15 heteroatoms. The van der Waals surface area contributed by atoms with E-state index in [1.807, 2.05) is 0 Å². The lowest BCUT2D eigenvalue weighted by Gasteiger charge is -2.49. The number of anilines is 1. The molecule has 2 heterocycles. The fraction of sp³-hybridized carbons (Fsp3) is 0.700. The molecule has 1 saturated carbocycles. The molecule has 3 N–H and O–H groups in total. The van der Waals surface area contributed by atoms with Crippen LogP contribution in [0.4, 0.5) is 23.8 Å². The second-order valence-corrected chi connectivity index (χ2v) is 15.6. The highest BCUT2D eigenvalue weighted by molar-refractivity contribution is 6.26. The largest absolute Gasteiger partial charge is 0.416 e. The third kappa shape index (κ3) is 8.67. The number of hydrogen-bond acceptors (Lipinski definition) is 7. The molecule has 0 unspecified atom stereocenters. The van der Waals surface area contributed by atoms with Crippen molar-refractivity contribution in [2.24, 2.45) is 11.3 Å². The molecule has 2 aromatic rings. The molecule has 0 spiro atoms. The molecule has 0 bridgehead atoms. The Hall–Kier alpha value is -2.47. The number of hydrogen-bond donors (Lipinski definition) is 3. The first-order chi connectivity index (χ1) is 21.0. The van der Waals surface area contributed by atoms with Gasteiger partial charge in [0.2, 0.25) is 5.91 Å². The Balaban J connectivity index is 1.30. The van der Waals surface area contributed by atoms with Gasteiger partial charge in [0.05, 0.1) is 23.7 Å². The van der Waals surface area contributed by atoms with Gasteiger partial charge in [-0.1, -0.05) is 26.9 Å². The lowest BCUT2D eigenvalue weighted by molar-refractivity contribution is -0.137. The summed E-state index contributed by atoms with van der Waals surface area (Å²) in [7, 11) is -1.12. The molecule has 1 aliphatic heterocycles. The van der Waals surface area contributed by atoms with Crippen molar-refractivity contribution in [3.63, 3.8) is 0 Å². The molecule has 0 radical (unpaired) electrons. The van der Waals surface area contributed by atoms with Crippen molar-refractivity contribution < 1.29 is 31.6 Å². The van der Waals surface area contributed by atoms with Gasteiger partial charge in [-0.05, 0) is 70.6 Å². The zero-order chi connectivity index (χ0) is 33.2. The first-order valence-corrected chi connectivity index (χ1v) is 19.9. The topological polar surface area (TPSA) is 110 Å². The molecule has 0 atom stereocenters. The van der Waals surface area contributed by atoms with E-state index in [4.69, 9.17) is 8.85 Å². The zero-order valence-corrected chi connectivity index (χ0v) is 30.3. The molecule has 45 heavy (non-hydrogen) atoms. The minimum atomic E-state index is -4.57. The number of alkyl halides is 3. The van der Waals surface area contributed by atoms with Crippen LogP contribution in [0.3, 0.4) is 0 Å². The molecule has 252 valence electrons. The van der Waals surface area contributed by atoms with Crippen LogP contribution in [0.1, 0.15) is 65.9 Å². The molecule has 4 rings (SSSR count). The third-order valence-corrected chi connectivity index (χ3v) is 10.2. The monoisotopic (exact) mass is 670 g/mol. The summed E-state index contributed by atoms with van der Waals surface area (Å²) >= 11 is 0. The molecule has 2 aliphatic rings. The quantitative estimate of drug-likeness (QED) is 0.246. The minimum Gasteiger partial charge on any atom is -0.400 e. The van der Waals surface area contributed by atoms with Gasteiger partial charge in [-0.2, -0.15) is 17.9 Å². The van der Waals surface area contributed by atoms with Gasteiger partial charge in [0, 0.05) is 35.5 Å². The number of aromatic nitrogens is 2. The van der Waals surface area contributed by atoms with Crippen molar-refractivity contribution in [3.8, 4) is 0 Å². The SMILES string of the molecule is C[SiH2]OC(O[SiH2]C)C(C)(C)C1CCC(N2CC(NC(=O)CNc3nn(C(=O)NC(C)(C)C)c4ccc(C(F)(F)F)cc34)C2)CC1. The first-order valence-electron chi connectivity index (χ1n) is 16.0. The molecule has 1 aliphatic carbocycles. The number of amides is 2. The van der Waals surface area contributed by atoms with Gasteiger partial charge in [-0.25, -0.2) is 4.79 Å². The molecular weight excluding hydrogens is 622 g/mol. The molecule has 10 nitrogen and oxygen atoms in total. The zero-order valence-electron chi connectivity index (χ0n) is 27.5. The lowest BCUT2D eigenvalue weighted by Crippen LogP contribution is -2.63. The summed E-state index contributed by atoms with van der Waals surface area (Å²) in [6.07, 6.45) is -0.201. The lowest BCUT2D eigenvalue weighted by atomic mass is 9.69. The molecule has 1 aromatic carbocycles. The Bertz CT molecular complexity index is 1330. The van der Waals surface area contributed by atoms with Gasteiger partial charge in [-0.3, -0.25) is 9.69 Å². The second kappa shape index (κ2) is 14.1. The number of likely N-dealkylation sites (tertiary alicyclic amines) is 1. The van der Waals surface area contributed by atoms with Crippen molar-refractivity contribution >= 4 is 48.2 Å². The van der Waals surface area contributed by atoms with Crippen molar-refractivity contribution in [2.75, 3.05) is 25.0 Å². The number of nitrogens with one attached hydrogen (secondary N) is 3. The summed E-state index contributed by atoms with van der Waals surface area (Å²) in [4.78, 5) is 28.1. The molecule has 2 amide bonds. The summed E-state index contributed by atoms with van der Waals surface area (Å²) in [5.74, 6) is 0.295. The summed E-state index contributed by atoms with van der Waals surface area (Å²) < 4.78 is 53.6. The fourth-order valence-corrected chi connectivity index (χ4v) is 8.31. The average Bonchev–Trinajstić information content (AvgIpc) is 3.30. The van der Waals surface area contributed by atoms with Crippen molar-refractivity contribution in [1.29, 1.82) is 0 Å². The standard InChI is InChI=1S/C30H49F3N6O4Si2/c1-28(2,3)36-27(41)39-23-13-10-19(30(31,32)33)14-22(23)25(37-39)34-15-24(40)35-20-16-38(17-20)21-11-8-18(9-12-21)29(4,5)26(42-44-6)43-45-7/h10,13-14,18,20-21,26H,8-9,11-12,15-17,44-45H2,1-7H3,(H,34,37)(H,35,40)(H,36,41). The highest BCUT2D eigenvalue weighted by Crippen LogP contribution is 2.43. The average molecular weight is 671 g/mol. The van der Waals surface area contributed by atoms with Crippen LogP contribution in [0.2, 0.25) is 13.1 Å². The van der Waals surface area contributed by atoms with Gasteiger partial charge >= 0.3 is 12.2 Å². The van der Waals surface area contributed by atoms with E-state index in [0.29, 0.717) is 12.0 Å². The second-order valence-electron chi connectivity index (χ2n) is 13.8. The number of carbonyl (C=O) groups excluding carboxylic acids is 2. The number of carbonyl (C=O) groups is 2. The van der Waals surface area contributed by atoms with E-state index in [1.165, 1.54) is 6.07 Å². The summed E-state index contributed by atoms with van der Waals surface area (Å²) in [5, 5.41) is 13.0. The van der Waals surface area contributed by atoms with Crippen LogP contribution in [-0.4, -0.2) is 89.7 Å². The van der Waals surface area contributed by atoms with Gasteiger partial charge in [-0.15, -0.1) is 5.10 Å². The molecule has 2 fully saturated rings. The van der Waals surface area contributed by atoms with E-state index in [-0.39, 0.29) is 46.9 Å². The van der Waals surface area contributed by atoms with Crippen LogP contribution in [0.15, 0.2) is 18.2 Å². The summed E-state index contributed by atoms with van der Waals surface area (Å²) in [6.45, 7) is 15.6. The third-order valence-electron chi connectivity index (χ3n) is 8.88. The molecule has 1 aromatic heterocycles. The maximum absolute atomic E-state index is 13.5. The highest BCUT2D eigenvalue weighted by Gasteiger charge is 2.42. The maximum atomic E-state index is 13.5. The Morgan fingerprint density at radius 3 is 2.20 bits per heavy atom. The van der Waals surface area contributed by atoms with Gasteiger partial charge in [0.25, 0.3) is 0 Å². The van der Waals surface area contributed by atoms with Gasteiger partial charge in [0.15, 0.2) is 25.3 Å². The number of benzene rings is 1. The minimum absolute atomic E-state index is 0.00682. The van der Waals surface area contributed by atoms with Crippen LogP contribution in [0, 0.1) is 11.3 Å². The van der Waals surface area contributed by atoms with Crippen LogP contribution in [-0.2, 0) is 19.8 Å². The molecule has 1 saturated heterocycles. The number of nitrogens with zero attached hydrogens (tertiary/aromatic N) is 3. The number of fused-ring (bicyclic) bond motifs is 1. The van der Waals surface area contributed by atoms with Crippen molar-refractivity contribution in [3.05, 3.63) is 23.8 Å². The van der Waals surface area contributed by atoms with Gasteiger partial charge in [0.1, 0.15) is 6.29 Å². The maximum Gasteiger partial charge on any atom is 0.416 e. The van der Waals surface area contributed by atoms with E-state index in [0.717, 1.165) is 55.6 Å². The fourth-order valence-electron chi connectivity index (χ4n) is 6.46. The smallest absolute Gasteiger partial charge is 0.400 e. The van der Waals surface area contributed by atoms with Crippen LogP contribution in [0.25, 0.3) is 10.9 Å². The van der Waals surface area contributed by atoms with E-state index < -0.39 is 42.8 Å². The normalized spacial score (nSPS) is 21.5. The van der Waals surface area contributed by atoms with Crippen LogP contribution < -0.4 is 16.0 Å². The number of rotatable bonds is 11. The van der Waals surface area contributed by atoms with E-state index in [9.17, 15) is 22.8 Å². The van der Waals surface area contributed by atoms with Crippen molar-refractivity contribution in [1.82, 2.24) is 25.3 Å². The van der Waals surface area contributed by atoms with E-state index in [1.54, 1.807) is 20.8 Å². The van der Waals surface area contributed by atoms with E-state index in [2.05, 4.69) is 52.9 Å². The number of halogens is 3. The molecular formula is C30H49F3N6O4Si2. The van der Waals surface area contributed by atoms with Crippen molar-refractivity contribution in [2.45, 2.75) is 103 Å². The predicted molar refractivity (Wildman–Crippen MR) is 175 cm³/mol. The predicted octanol–water partition coefficient (Wildman–Crippen LogP) is 3.83. The summed E-state index contributed by atoms with van der Waals surface area (Å²) in [5.41, 5.74) is -1.26. The van der Waals surface area contributed by atoms with Crippen LogP contribution in [0.5, 0.6) is 0 Å².